The van der Waals surface area contributed by atoms with Gasteiger partial charge in [-0.2, -0.15) is 0 Å². The number of nitrogens with one attached hydrogen (secondary N) is 1. The predicted octanol–water partition coefficient (Wildman–Crippen LogP) is 5.48. The third kappa shape index (κ3) is 4.44. The predicted molar refractivity (Wildman–Crippen MR) is 130 cm³/mol. The number of hydrogen-bond acceptors (Lipinski definition) is 4. The molecule has 0 unspecified atom stereocenters. The lowest BCUT2D eigenvalue weighted by molar-refractivity contribution is 0.00578. The number of carbonyl (C=O) groups excluding carboxylic acids is 1. The molecule has 1 aliphatic heterocycles. The monoisotopic (exact) mass is 435 g/mol. The van der Waals surface area contributed by atoms with Crippen LogP contribution in [-0.2, 0) is 26.9 Å². The summed E-state index contributed by atoms with van der Waals surface area (Å²) in [4.78, 5) is 12.4. The van der Waals surface area contributed by atoms with Crippen molar-refractivity contribution in [3.63, 3.8) is 0 Å². The van der Waals surface area contributed by atoms with E-state index in [0.717, 1.165) is 23.9 Å². The summed E-state index contributed by atoms with van der Waals surface area (Å²) in [5.41, 5.74) is 3.26. The van der Waals surface area contributed by atoms with Gasteiger partial charge in [-0.25, -0.2) is 4.79 Å². The first-order valence-electron chi connectivity index (χ1n) is 11.4. The third-order valence-electron chi connectivity index (χ3n) is 6.64. The number of ether oxygens (including phenoxy) is 1. The van der Waals surface area contributed by atoms with Gasteiger partial charge in [0.1, 0.15) is 5.60 Å². The number of carbonyl (C=O) groups is 1. The Morgan fingerprint density at radius 1 is 1.06 bits per heavy atom. The van der Waals surface area contributed by atoms with E-state index in [1.807, 2.05) is 48.5 Å². The molecule has 0 bridgehead atoms. The molecule has 32 heavy (non-hydrogen) atoms. The third-order valence-corrected chi connectivity index (χ3v) is 6.64. The SMILES string of the molecule is CC(C)(C)OC(=O)NCC(=Cc1ccc2c3c(cccc13)CC2)B1OC(C)(C)C(C)(C)O1. The van der Waals surface area contributed by atoms with E-state index in [-0.39, 0.29) is 6.54 Å². The van der Waals surface area contributed by atoms with Crippen molar-refractivity contribution in [2.75, 3.05) is 6.54 Å². The normalized spacial score (nSPS) is 19.5. The molecule has 2 aliphatic rings. The van der Waals surface area contributed by atoms with Crippen molar-refractivity contribution in [2.45, 2.75) is 78.1 Å². The fourth-order valence-corrected chi connectivity index (χ4v) is 4.28. The molecule has 2 aromatic carbocycles. The van der Waals surface area contributed by atoms with Gasteiger partial charge < -0.3 is 19.4 Å². The number of benzene rings is 2. The molecule has 1 fully saturated rings. The summed E-state index contributed by atoms with van der Waals surface area (Å²) in [6.45, 7) is 14.0. The van der Waals surface area contributed by atoms with Gasteiger partial charge in [0.25, 0.3) is 0 Å². The minimum Gasteiger partial charge on any atom is -0.444 e. The highest BCUT2D eigenvalue weighted by Gasteiger charge is 2.52. The maximum absolute atomic E-state index is 12.4. The number of hydrogen-bond donors (Lipinski definition) is 1. The van der Waals surface area contributed by atoms with Gasteiger partial charge in [0.2, 0.25) is 0 Å². The van der Waals surface area contributed by atoms with Gasteiger partial charge in [-0.05, 0) is 94.2 Å². The van der Waals surface area contributed by atoms with Gasteiger partial charge in [0.15, 0.2) is 0 Å². The molecule has 0 saturated carbocycles. The van der Waals surface area contributed by atoms with Gasteiger partial charge >= 0.3 is 13.2 Å². The lowest BCUT2D eigenvalue weighted by Gasteiger charge is -2.32. The topological polar surface area (TPSA) is 56.8 Å². The molecule has 1 amide bonds. The highest BCUT2D eigenvalue weighted by molar-refractivity contribution is 6.56. The lowest BCUT2D eigenvalue weighted by Crippen LogP contribution is -2.41. The number of amides is 1. The van der Waals surface area contributed by atoms with Crippen LogP contribution in [0.25, 0.3) is 16.8 Å². The molecule has 0 spiro atoms. The molecular weight excluding hydrogens is 401 g/mol. The van der Waals surface area contributed by atoms with Crippen LogP contribution in [-0.4, -0.2) is 36.6 Å². The van der Waals surface area contributed by atoms with E-state index >= 15 is 0 Å². The van der Waals surface area contributed by atoms with Crippen LogP contribution in [0.1, 0.15) is 65.2 Å². The van der Waals surface area contributed by atoms with Gasteiger partial charge in [0, 0.05) is 6.54 Å². The Hall–Kier alpha value is -2.31. The minimum atomic E-state index is -0.560. The first kappa shape index (κ1) is 22.9. The van der Waals surface area contributed by atoms with Crippen molar-refractivity contribution in [3.05, 3.63) is 52.5 Å². The quantitative estimate of drug-likeness (QED) is 0.647. The van der Waals surface area contributed by atoms with Crippen LogP contribution in [0.3, 0.4) is 0 Å². The van der Waals surface area contributed by atoms with Gasteiger partial charge in [-0.1, -0.05) is 36.4 Å². The largest absolute Gasteiger partial charge is 0.492 e. The molecule has 170 valence electrons. The fraction of sp³-hybridized carbons (Fsp3) is 0.500. The number of aryl methyl sites for hydroxylation is 2. The van der Waals surface area contributed by atoms with Gasteiger partial charge in [-0.15, -0.1) is 0 Å². The van der Waals surface area contributed by atoms with Crippen molar-refractivity contribution in [1.29, 1.82) is 0 Å². The van der Waals surface area contributed by atoms with E-state index in [4.69, 9.17) is 14.0 Å². The average molecular weight is 435 g/mol. The average Bonchev–Trinajstić information content (AvgIpc) is 3.18. The molecule has 1 N–H and O–H groups in total. The van der Waals surface area contributed by atoms with Crippen molar-refractivity contribution in [1.82, 2.24) is 5.32 Å². The van der Waals surface area contributed by atoms with Gasteiger partial charge in [-0.3, -0.25) is 0 Å². The highest BCUT2D eigenvalue weighted by Crippen LogP contribution is 2.39. The molecule has 5 nitrogen and oxygen atoms in total. The Morgan fingerprint density at radius 3 is 2.31 bits per heavy atom. The second-order valence-corrected chi connectivity index (χ2v) is 10.8. The first-order chi connectivity index (χ1) is 14.9. The number of alkyl carbamates (subject to hydrolysis) is 1. The Kier molecular flexibility index (Phi) is 5.67. The zero-order valence-corrected chi connectivity index (χ0v) is 20.3. The van der Waals surface area contributed by atoms with E-state index in [1.165, 1.54) is 21.9 Å². The molecular formula is C26H34BNO4. The molecule has 1 saturated heterocycles. The van der Waals surface area contributed by atoms with Gasteiger partial charge in [0.05, 0.1) is 11.2 Å². The maximum atomic E-state index is 12.4. The van der Waals surface area contributed by atoms with Crippen molar-refractivity contribution in [2.24, 2.45) is 0 Å². The van der Waals surface area contributed by atoms with Crippen LogP contribution in [0.5, 0.6) is 0 Å². The van der Waals surface area contributed by atoms with Crippen LogP contribution >= 0.6 is 0 Å². The van der Waals surface area contributed by atoms with Crippen molar-refractivity contribution >= 4 is 30.1 Å². The minimum absolute atomic E-state index is 0.272. The standard InChI is InChI=1S/C26H34BNO4/c1-24(2,3)30-23(29)28-16-20(27-31-25(4,5)26(6,7)32-27)15-19-14-13-18-12-11-17-9-8-10-21(19)22(17)18/h8-10,13-15H,11-12,16H2,1-7H3,(H,28,29). The lowest BCUT2D eigenvalue weighted by atomic mass is 9.76. The van der Waals surface area contributed by atoms with Crippen molar-refractivity contribution < 1.29 is 18.8 Å². The molecule has 2 aromatic rings. The molecule has 6 heteroatoms. The second kappa shape index (κ2) is 7.93. The number of rotatable bonds is 4. The van der Waals surface area contributed by atoms with E-state index in [0.29, 0.717) is 0 Å². The fourth-order valence-electron chi connectivity index (χ4n) is 4.28. The first-order valence-corrected chi connectivity index (χ1v) is 11.4. The molecule has 0 radical (unpaired) electrons. The Balaban J connectivity index is 1.69. The maximum Gasteiger partial charge on any atom is 0.492 e. The molecule has 0 atom stereocenters. The zero-order chi connectivity index (χ0) is 23.3. The summed E-state index contributed by atoms with van der Waals surface area (Å²) in [6.07, 6.45) is 3.81. The van der Waals surface area contributed by atoms with Crippen LogP contribution in [0.15, 0.2) is 35.8 Å². The molecule has 1 aliphatic carbocycles. The van der Waals surface area contributed by atoms with E-state index in [9.17, 15) is 4.79 Å². The zero-order valence-electron chi connectivity index (χ0n) is 20.3. The Labute approximate surface area is 191 Å². The smallest absolute Gasteiger partial charge is 0.444 e. The van der Waals surface area contributed by atoms with E-state index in [1.54, 1.807) is 0 Å². The molecule has 4 rings (SSSR count). The summed E-state index contributed by atoms with van der Waals surface area (Å²) >= 11 is 0. The summed E-state index contributed by atoms with van der Waals surface area (Å²) in [7, 11) is -0.557. The van der Waals surface area contributed by atoms with Crippen molar-refractivity contribution in [3.8, 4) is 0 Å². The summed E-state index contributed by atoms with van der Waals surface area (Å²) in [5, 5.41) is 5.47. The van der Waals surface area contributed by atoms with Crippen LogP contribution in [0, 0.1) is 0 Å². The van der Waals surface area contributed by atoms with Crippen LogP contribution in [0.4, 0.5) is 4.79 Å². The molecule has 1 heterocycles. The Bertz CT molecular complexity index is 1050. The highest BCUT2D eigenvalue weighted by atomic mass is 16.7. The Morgan fingerprint density at radius 2 is 1.69 bits per heavy atom. The van der Waals surface area contributed by atoms with Crippen LogP contribution in [0.2, 0.25) is 0 Å². The van der Waals surface area contributed by atoms with Crippen LogP contribution < -0.4 is 5.32 Å². The molecule has 0 aromatic heterocycles. The second-order valence-electron chi connectivity index (χ2n) is 10.8. The summed E-state index contributed by atoms with van der Waals surface area (Å²) in [5.74, 6) is 0. The van der Waals surface area contributed by atoms with E-state index in [2.05, 4.69) is 41.7 Å². The summed E-state index contributed by atoms with van der Waals surface area (Å²) < 4.78 is 18.1. The van der Waals surface area contributed by atoms with E-state index < -0.39 is 30.0 Å². The summed E-state index contributed by atoms with van der Waals surface area (Å²) in [6, 6.07) is 10.9.